The van der Waals surface area contributed by atoms with Gasteiger partial charge in [0.2, 0.25) is 5.91 Å². The number of carbonyl (C=O) groups excluding carboxylic acids is 1. The molecule has 1 heterocycles. The Balaban J connectivity index is 1.81. The SMILES string of the molecule is O=C(CSc1cc(Cl)ccc1Cl)NCc1cccs1. The van der Waals surface area contributed by atoms with Gasteiger partial charge >= 0.3 is 0 Å². The van der Waals surface area contributed by atoms with Crippen LogP contribution in [0, 0.1) is 0 Å². The number of halogens is 2. The van der Waals surface area contributed by atoms with Crippen molar-refractivity contribution in [2.75, 3.05) is 5.75 Å². The molecule has 0 aliphatic heterocycles. The Labute approximate surface area is 130 Å². The predicted octanol–water partition coefficient (Wildman–Crippen LogP) is 4.46. The zero-order valence-electron chi connectivity index (χ0n) is 9.86. The lowest BCUT2D eigenvalue weighted by molar-refractivity contribution is -0.118. The first-order valence-electron chi connectivity index (χ1n) is 5.52. The molecule has 0 atom stereocenters. The number of hydrogen-bond donors (Lipinski definition) is 1. The van der Waals surface area contributed by atoms with E-state index in [9.17, 15) is 4.79 Å². The molecule has 2 rings (SSSR count). The molecule has 0 bridgehead atoms. The molecule has 0 fully saturated rings. The van der Waals surface area contributed by atoms with E-state index < -0.39 is 0 Å². The molecule has 19 heavy (non-hydrogen) atoms. The first-order valence-corrected chi connectivity index (χ1v) is 8.14. The van der Waals surface area contributed by atoms with Crippen molar-refractivity contribution in [1.29, 1.82) is 0 Å². The van der Waals surface area contributed by atoms with E-state index in [1.54, 1.807) is 29.5 Å². The molecule has 100 valence electrons. The Morgan fingerprint density at radius 1 is 1.32 bits per heavy atom. The number of thiophene rings is 1. The predicted molar refractivity (Wildman–Crippen MR) is 83.4 cm³/mol. The lowest BCUT2D eigenvalue weighted by Crippen LogP contribution is -2.24. The molecule has 2 nitrogen and oxygen atoms in total. The van der Waals surface area contributed by atoms with E-state index in [2.05, 4.69) is 5.32 Å². The Morgan fingerprint density at radius 2 is 2.16 bits per heavy atom. The van der Waals surface area contributed by atoms with E-state index in [1.165, 1.54) is 11.8 Å². The van der Waals surface area contributed by atoms with Gasteiger partial charge in [0.05, 0.1) is 17.3 Å². The first kappa shape index (κ1) is 14.7. The minimum atomic E-state index is -0.0190. The molecule has 0 aliphatic carbocycles. The second-order valence-corrected chi connectivity index (χ2v) is 6.61. The zero-order valence-corrected chi connectivity index (χ0v) is 13.0. The largest absolute Gasteiger partial charge is 0.350 e. The summed E-state index contributed by atoms with van der Waals surface area (Å²) in [7, 11) is 0. The molecule has 0 unspecified atom stereocenters. The fourth-order valence-corrected chi connectivity index (χ4v) is 3.35. The van der Waals surface area contributed by atoms with E-state index in [4.69, 9.17) is 23.2 Å². The van der Waals surface area contributed by atoms with E-state index in [0.717, 1.165) is 9.77 Å². The van der Waals surface area contributed by atoms with Crippen LogP contribution in [-0.2, 0) is 11.3 Å². The van der Waals surface area contributed by atoms with Gasteiger partial charge in [-0.2, -0.15) is 0 Å². The van der Waals surface area contributed by atoms with Crippen LogP contribution in [-0.4, -0.2) is 11.7 Å². The topological polar surface area (TPSA) is 29.1 Å². The van der Waals surface area contributed by atoms with Crippen molar-refractivity contribution >= 4 is 52.2 Å². The number of thioether (sulfide) groups is 1. The van der Waals surface area contributed by atoms with Gasteiger partial charge in [-0.25, -0.2) is 0 Å². The lowest BCUT2D eigenvalue weighted by atomic mass is 10.4. The highest BCUT2D eigenvalue weighted by Crippen LogP contribution is 2.29. The molecule has 0 saturated carbocycles. The molecule has 0 radical (unpaired) electrons. The van der Waals surface area contributed by atoms with Crippen LogP contribution in [0.25, 0.3) is 0 Å². The maximum atomic E-state index is 11.7. The van der Waals surface area contributed by atoms with Crippen LogP contribution in [0.3, 0.4) is 0 Å². The monoisotopic (exact) mass is 331 g/mol. The highest BCUT2D eigenvalue weighted by atomic mass is 35.5. The third-order valence-corrected chi connectivity index (χ3v) is 4.90. The standard InChI is InChI=1S/C13H11Cl2NOS2/c14-9-3-4-11(15)12(6-9)19-8-13(17)16-7-10-2-1-5-18-10/h1-6H,7-8H2,(H,16,17). The molecule has 1 N–H and O–H groups in total. The average Bonchev–Trinajstić information content (AvgIpc) is 2.90. The summed E-state index contributed by atoms with van der Waals surface area (Å²) < 4.78 is 0. The molecule has 0 saturated heterocycles. The van der Waals surface area contributed by atoms with Crippen molar-refractivity contribution in [3.05, 3.63) is 50.6 Å². The van der Waals surface area contributed by atoms with Crippen LogP contribution in [0.5, 0.6) is 0 Å². The van der Waals surface area contributed by atoms with Gasteiger partial charge in [-0.15, -0.1) is 23.1 Å². The summed E-state index contributed by atoms with van der Waals surface area (Å²) in [5, 5.41) is 6.08. The normalized spacial score (nSPS) is 10.4. The van der Waals surface area contributed by atoms with Crippen LogP contribution >= 0.6 is 46.3 Å². The molecule has 0 aliphatic rings. The van der Waals surface area contributed by atoms with Crippen LogP contribution in [0.1, 0.15) is 4.88 Å². The van der Waals surface area contributed by atoms with Crippen molar-refractivity contribution in [2.45, 2.75) is 11.4 Å². The molecule has 0 spiro atoms. The maximum absolute atomic E-state index is 11.7. The number of amides is 1. The average molecular weight is 332 g/mol. The summed E-state index contributed by atoms with van der Waals surface area (Å²) in [6, 6.07) is 9.18. The smallest absolute Gasteiger partial charge is 0.230 e. The molecule has 6 heteroatoms. The van der Waals surface area contributed by atoms with Gasteiger partial charge in [0.15, 0.2) is 0 Å². The zero-order chi connectivity index (χ0) is 13.7. The third kappa shape index (κ3) is 4.73. The summed E-state index contributed by atoms with van der Waals surface area (Å²) in [5.41, 5.74) is 0. The Kier molecular flexibility index (Phi) is 5.58. The number of benzene rings is 1. The summed E-state index contributed by atoms with van der Waals surface area (Å²) in [6.07, 6.45) is 0. The van der Waals surface area contributed by atoms with E-state index in [-0.39, 0.29) is 5.91 Å². The van der Waals surface area contributed by atoms with E-state index in [0.29, 0.717) is 22.3 Å². The summed E-state index contributed by atoms with van der Waals surface area (Å²) in [6.45, 7) is 0.570. The van der Waals surface area contributed by atoms with Crippen molar-refractivity contribution in [2.24, 2.45) is 0 Å². The van der Waals surface area contributed by atoms with E-state index >= 15 is 0 Å². The molecule has 2 aromatic rings. The molecule has 1 amide bonds. The highest BCUT2D eigenvalue weighted by molar-refractivity contribution is 8.00. The summed E-state index contributed by atoms with van der Waals surface area (Å²) in [4.78, 5) is 13.7. The van der Waals surface area contributed by atoms with Gasteiger partial charge < -0.3 is 5.32 Å². The number of nitrogens with one attached hydrogen (secondary N) is 1. The van der Waals surface area contributed by atoms with Gasteiger partial charge in [-0.3, -0.25) is 4.79 Å². The van der Waals surface area contributed by atoms with Crippen LogP contribution in [0.4, 0.5) is 0 Å². The molecular weight excluding hydrogens is 321 g/mol. The molecule has 1 aromatic heterocycles. The van der Waals surface area contributed by atoms with Gasteiger partial charge in [-0.1, -0.05) is 29.3 Å². The van der Waals surface area contributed by atoms with Gasteiger partial charge in [-0.05, 0) is 29.6 Å². The van der Waals surface area contributed by atoms with Crippen molar-refractivity contribution in [1.82, 2.24) is 5.32 Å². The molecule has 1 aromatic carbocycles. The Morgan fingerprint density at radius 3 is 2.89 bits per heavy atom. The molecular formula is C13H11Cl2NOS2. The third-order valence-electron chi connectivity index (χ3n) is 2.29. The van der Waals surface area contributed by atoms with Crippen LogP contribution in [0.2, 0.25) is 10.0 Å². The van der Waals surface area contributed by atoms with Gasteiger partial charge in [0, 0.05) is 14.8 Å². The van der Waals surface area contributed by atoms with Gasteiger partial charge in [0.1, 0.15) is 0 Å². The minimum absolute atomic E-state index is 0.0190. The van der Waals surface area contributed by atoms with Crippen molar-refractivity contribution in [3.8, 4) is 0 Å². The summed E-state index contributed by atoms with van der Waals surface area (Å²) in [5.74, 6) is 0.306. The highest BCUT2D eigenvalue weighted by Gasteiger charge is 2.06. The Hall–Kier alpha value is -0.680. The Bertz CT molecular complexity index is 558. The van der Waals surface area contributed by atoms with Crippen molar-refractivity contribution in [3.63, 3.8) is 0 Å². The lowest BCUT2D eigenvalue weighted by Gasteiger charge is -2.05. The minimum Gasteiger partial charge on any atom is -0.350 e. The number of rotatable bonds is 5. The first-order chi connectivity index (χ1) is 9.15. The van der Waals surface area contributed by atoms with Gasteiger partial charge in [0.25, 0.3) is 0 Å². The van der Waals surface area contributed by atoms with Crippen LogP contribution < -0.4 is 5.32 Å². The number of hydrogen-bond acceptors (Lipinski definition) is 3. The van der Waals surface area contributed by atoms with Crippen LogP contribution in [0.15, 0.2) is 40.6 Å². The van der Waals surface area contributed by atoms with Crippen molar-refractivity contribution < 1.29 is 4.79 Å². The quantitative estimate of drug-likeness (QED) is 0.819. The summed E-state index contributed by atoms with van der Waals surface area (Å²) >= 11 is 14.9. The second kappa shape index (κ2) is 7.20. The number of carbonyl (C=O) groups is 1. The fraction of sp³-hybridized carbons (Fsp3) is 0.154. The van der Waals surface area contributed by atoms with E-state index in [1.807, 2.05) is 17.5 Å². The maximum Gasteiger partial charge on any atom is 0.230 e. The fourth-order valence-electron chi connectivity index (χ4n) is 1.38. The second-order valence-electron chi connectivity index (χ2n) is 3.72.